The fourth-order valence-corrected chi connectivity index (χ4v) is 5.48. The van der Waals surface area contributed by atoms with Crippen molar-refractivity contribution in [3.63, 3.8) is 0 Å². The molecule has 1 heterocycles. The van der Waals surface area contributed by atoms with Gasteiger partial charge in [-0.3, -0.25) is 4.79 Å². The van der Waals surface area contributed by atoms with Crippen molar-refractivity contribution in [2.24, 2.45) is 5.73 Å². The van der Waals surface area contributed by atoms with Gasteiger partial charge >= 0.3 is 5.97 Å². The maximum Gasteiger partial charge on any atom is 0.339 e. The number of sulfonamides is 1. The smallest absolute Gasteiger partial charge is 0.339 e. The molecule has 0 aromatic heterocycles. The Morgan fingerprint density at radius 3 is 2.32 bits per heavy atom. The normalized spacial score (nSPS) is 20.7. The molecule has 1 fully saturated rings. The highest BCUT2D eigenvalue weighted by Crippen LogP contribution is 2.29. The van der Waals surface area contributed by atoms with E-state index in [2.05, 4.69) is 0 Å². The Bertz CT molecular complexity index is 1070. The largest absolute Gasteiger partial charge is 0.444 e. The number of carbonyl (C=O) groups excluding carboxylic acids is 2. The lowest BCUT2D eigenvalue weighted by molar-refractivity contribution is -0.127. The zero-order valence-electron chi connectivity index (χ0n) is 17.0. The van der Waals surface area contributed by atoms with Gasteiger partial charge in [-0.05, 0) is 32.0 Å². The number of morpholine rings is 1. The van der Waals surface area contributed by atoms with Crippen molar-refractivity contribution in [2.45, 2.75) is 37.1 Å². The van der Waals surface area contributed by atoms with E-state index in [9.17, 15) is 18.0 Å². The number of hydrogen-bond donors (Lipinski definition) is 1. The summed E-state index contributed by atoms with van der Waals surface area (Å²) < 4.78 is 38.5. The summed E-state index contributed by atoms with van der Waals surface area (Å²) in [7, 11) is -3.99. The molecule has 0 aliphatic carbocycles. The number of halogens is 1. The van der Waals surface area contributed by atoms with E-state index in [4.69, 9.17) is 26.8 Å². The van der Waals surface area contributed by atoms with Crippen molar-refractivity contribution in [1.29, 1.82) is 0 Å². The van der Waals surface area contributed by atoms with Crippen LogP contribution in [0.1, 0.15) is 35.9 Å². The summed E-state index contributed by atoms with van der Waals surface area (Å²) in [6.07, 6.45) is -1.88. The molecule has 10 heteroatoms. The molecule has 1 aliphatic rings. The second-order valence-electron chi connectivity index (χ2n) is 7.32. The number of nitrogens with zero attached hydrogens (tertiary/aromatic N) is 1. The van der Waals surface area contributed by atoms with Gasteiger partial charge in [0.25, 0.3) is 5.91 Å². The van der Waals surface area contributed by atoms with Gasteiger partial charge in [-0.1, -0.05) is 41.9 Å². The number of nitrogens with two attached hydrogens (primary N) is 1. The summed E-state index contributed by atoms with van der Waals surface area (Å²) in [6.45, 7) is 3.88. The number of amides is 1. The predicted octanol–water partition coefficient (Wildman–Crippen LogP) is 2.52. The van der Waals surface area contributed by atoms with Gasteiger partial charge in [-0.25, -0.2) is 13.2 Å². The lowest BCUT2D eigenvalue weighted by Crippen LogP contribution is -2.48. The molecule has 1 saturated heterocycles. The highest BCUT2D eigenvalue weighted by molar-refractivity contribution is 7.89. The highest BCUT2D eigenvalue weighted by atomic mass is 35.5. The Morgan fingerprint density at radius 2 is 1.74 bits per heavy atom. The van der Waals surface area contributed by atoms with Crippen LogP contribution in [0.25, 0.3) is 0 Å². The number of benzene rings is 2. The number of hydrogen-bond acceptors (Lipinski definition) is 6. The van der Waals surface area contributed by atoms with Crippen LogP contribution in [0, 0.1) is 0 Å². The van der Waals surface area contributed by atoms with Crippen LogP contribution in [0.5, 0.6) is 0 Å². The van der Waals surface area contributed by atoms with Gasteiger partial charge in [0.2, 0.25) is 16.1 Å². The van der Waals surface area contributed by atoms with Crippen molar-refractivity contribution in [2.75, 3.05) is 13.1 Å². The number of ether oxygens (including phenoxy) is 2. The minimum absolute atomic E-state index is 0.0298. The van der Waals surface area contributed by atoms with Gasteiger partial charge in [0.15, 0.2) is 0 Å². The summed E-state index contributed by atoms with van der Waals surface area (Å²) >= 11 is 6.17. The van der Waals surface area contributed by atoms with Crippen molar-refractivity contribution in [3.05, 3.63) is 64.7 Å². The Labute approximate surface area is 185 Å². The van der Waals surface area contributed by atoms with Crippen LogP contribution in [0.15, 0.2) is 53.4 Å². The third-order valence-corrected chi connectivity index (χ3v) is 7.07. The molecule has 0 saturated carbocycles. The Hall–Kier alpha value is -2.46. The van der Waals surface area contributed by atoms with Gasteiger partial charge in [0.1, 0.15) is 4.90 Å². The van der Waals surface area contributed by atoms with Crippen LogP contribution < -0.4 is 5.73 Å². The summed E-state index contributed by atoms with van der Waals surface area (Å²) in [5, 5.41) is -0.0298. The van der Waals surface area contributed by atoms with E-state index in [-0.39, 0.29) is 40.8 Å². The van der Waals surface area contributed by atoms with Gasteiger partial charge in [0, 0.05) is 18.7 Å². The fourth-order valence-electron chi connectivity index (χ4n) is 3.39. The molecule has 31 heavy (non-hydrogen) atoms. The van der Waals surface area contributed by atoms with Gasteiger partial charge in [-0.15, -0.1) is 0 Å². The van der Waals surface area contributed by atoms with E-state index in [1.54, 1.807) is 44.2 Å². The zero-order valence-corrected chi connectivity index (χ0v) is 18.6. The molecule has 0 bridgehead atoms. The lowest BCUT2D eigenvalue weighted by Gasteiger charge is -2.34. The molecule has 0 radical (unpaired) electrons. The first-order valence-electron chi connectivity index (χ1n) is 9.60. The Balaban J connectivity index is 1.89. The van der Waals surface area contributed by atoms with Crippen molar-refractivity contribution >= 4 is 33.5 Å². The third-order valence-electron chi connectivity index (χ3n) is 4.76. The number of rotatable bonds is 6. The van der Waals surface area contributed by atoms with E-state index in [0.717, 1.165) is 6.07 Å². The van der Waals surface area contributed by atoms with Crippen molar-refractivity contribution < 1.29 is 27.5 Å². The first-order valence-corrected chi connectivity index (χ1v) is 11.4. The molecular formula is C21H23ClN2O6S. The molecule has 1 amide bonds. The Kier molecular flexibility index (Phi) is 7.00. The van der Waals surface area contributed by atoms with Crippen LogP contribution in [0.2, 0.25) is 5.02 Å². The molecule has 3 unspecified atom stereocenters. The summed E-state index contributed by atoms with van der Waals surface area (Å²) in [6, 6.07) is 12.1. The Morgan fingerprint density at radius 1 is 1.13 bits per heavy atom. The van der Waals surface area contributed by atoms with Crippen LogP contribution in [0.4, 0.5) is 0 Å². The molecule has 1 aliphatic heterocycles. The van der Waals surface area contributed by atoms with Crippen LogP contribution in [0.3, 0.4) is 0 Å². The molecule has 3 rings (SSSR count). The average molecular weight is 467 g/mol. The minimum Gasteiger partial charge on any atom is -0.444 e. The lowest BCUT2D eigenvalue weighted by atomic mass is 10.1. The van der Waals surface area contributed by atoms with E-state index < -0.39 is 28.0 Å². The molecule has 166 valence electrons. The van der Waals surface area contributed by atoms with Crippen molar-refractivity contribution in [1.82, 2.24) is 4.31 Å². The SMILES string of the molecule is CC1CN(S(=O)(=O)c2cc(C(=O)OC(C(N)=O)c3ccccc3)ccc2Cl)CC(C)O1. The van der Waals surface area contributed by atoms with E-state index in [1.165, 1.54) is 16.4 Å². The molecule has 8 nitrogen and oxygen atoms in total. The molecule has 2 aromatic rings. The van der Waals surface area contributed by atoms with E-state index in [0.29, 0.717) is 5.56 Å². The second kappa shape index (κ2) is 9.35. The fraction of sp³-hybridized carbons (Fsp3) is 0.333. The average Bonchev–Trinajstić information content (AvgIpc) is 2.71. The quantitative estimate of drug-likeness (QED) is 0.654. The number of primary amides is 1. The zero-order chi connectivity index (χ0) is 22.8. The first-order chi connectivity index (χ1) is 14.6. The van der Waals surface area contributed by atoms with E-state index >= 15 is 0 Å². The maximum absolute atomic E-state index is 13.2. The molecular weight excluding hydrogens is 444 g/mol. The van der Waals surface area contributed by atoms with Crippen LogP contribution >= 0.6 is 11.6 Å². The highest BCUT2D eigenvalue weighted by Gasteiger charge is 2.34. The minimum atomic E-state index is -3.99. The van der Waals surface area contributed by atoms with Crippen LogP contribution in [-0.2, 0) is 24.3 Å². The third kappa shape index (κ3) is 5.24. The van der Waals surface area contributed by atoms with Gasteiger partial charge in [0.05, 0.1) is 22.8 Å². The number of carbonyl (C=O) groups is 2. The summed E-state index contributed by atoms with van der Waals surface area (Å²) in [5.74, 6) is -1.75. The maximum atomic E-state index is 13.2. The van der Waals surface area contributed by atoms with Gasteiger partial charge in [-0.2, -0.15) is 4.31 Å². The predicted molar refractivity (Wildman–Crippen MR) is 114 cm³/mol. The molecule has 2 aromatic carbocycles. The monoisotopic (exact) mass is 466 g/mol. The van der Waals surface area contributed by atoms with Gasteiger partial charge < -0.3 is 15.2 Å². The van der Waals surface area contributed by atoms with Crippen LogP contribution in [-0.4, -0.2) is 49.9 Å². The summed E-state index contributed by atoms with van der Waals surface area (Å²) in [5.41, 5.74) is 5.72. The standard InChI is InChI=1S/C21H23ClN2O6S/c1-13-11-24(12-14(2)29-13)31(27,28)18-10-16(8-9-17(18)22)21(26)30-19(20(23)25)15-6-4-3-5-7-15/h3-10,13-14,19H,11-12H2,1-2H3,(H2,23,25). The first kappa shape index (κ1) is 23.2. The molecule has 2 N–H and O–H groups in total. The number of esters is 1. The topological polar surface area (TPSA) is 116 Å². The molecule has 0 spiro atoms. The summed E-state index contributed by atoms with van der Waals surface area (Å²) in [4.78, 5) is 24.3. The second-order valence-corrected chi connectivity index (χ2v) is 9.64. The van der Waals surface area contributed by atoms with E-state index in [1.807, 2.05) is 0 Å². The molecule has 3 atom stereocenters. The van der Waals surface area contributed by atoms with Crippen molar-refractivity contribution in [3.8, 4) is 0 Å².